The zero-order valence-electron chi connectivity index (χ0n) is 13.1. The van der Waals surface area contributed by atoms with Crippen LogP contribution in [-0.2, 0) is 4.74 Å². The highest BCUT2D eigenvalue weighted by molar-refractivity contribution is 9.10. The number of hydrogen-bond donors (Lipinski definition) is 0. The van der Waals surface area contributed by atoms with Crippen LogP contribution in [0.2, 0.25) is 0 Å². The number of nitrogens with zero attached hydrogens (tertiary/aromatic N) is 1. The highest BCUT2D eigenvalue weighted by Crippen LogP contribution is 2.30. The molecule has 0 N–H and O–H groups in total. The molecule has 0 atom stereocenters. The van der Waals surface area contributed by atoms with E-state index in [1.807, 2.05) is 20.8 Å². The van der Waals surface area contributed by atoms with E-state index in [4.69, 9.17) is 9.47 Å². The van der Waals surface area contributed by atoms with Crippen molar-refractivity contribution in [2.45, 2.75) is 45.3 Å². The number of benzene rings is 1. The van der Waals surface area contributed by atoms with Crippen molar-refractivity contribution in [3.8, 4) is 5.75 Å². The van der Waals surface area contributed by atoms with Crippen molar-refractivity contribution in [3.05, 3.63) is 28.5 Å². The van der Waals surface area contributed by atoms with Gasteiger partial charge in [-0.2, -0.15) is 0 Å². The van der Waals surface area contributed by atoms with Crippen LogP contribution in [0, 0.1) is 5.82 Å². The van der Waals surface area contributed by atoms with E-state index in [-0.39, 0.29) is 18.0 Å². The Balaban J connectivity index is 1.87. The molecule has 0 unspecified atom stereocenters. The molecule has 4 nitrogen and oxygen atoms in total. The van der Waals surface area contributed by atoms with Crippen LogP contribution in [0.15, 0.2) is 22.7 Å². The van der Waals surface area contributed by atoms with Gasteiger partial charge in [-0.05, 0) is 48.8 Å². The lowest BCUT2D eigenvalue weighted by atomic mass is 10.1. The Morgan fingerprint density at radius 1 is 1.32 bits per heavy atom. The Morgan fingerprint density at radius 2 is 1.95 bits per heavy atom. The molecule has 1 heterocycles. The van der Waals surface area contributed by atoms with Gasteiger partial charge in [0, 0.05) is 25.9 Å². The van der Waals surface area contributed by atoms with E-state index >= 15 is 0 Å². The summed E-state index contributed by atoms with van der Waals surface area (Å²) >= 11 is 3.19. The number of piperidine rings is 1. The number of likely N-dealkylation sites (tertiary alicyclic amines) is 1. The molecule has 1 amide bonds. The normalized spacial score (nSPS) is 16.5. The fourth-order valence-corrected chi connectivity index (χ4v) is 2.60. The van der Waals surface area contributed by atoms with Gasteiger partial charge in [0.2, 0.25) is 0 Å². The molecular formula is C16H21BrFNO3. The number of carbonyl (C=O) groups excluding carboxylic acids is 1. The van der Waals surface area contributed by atoms with E-state index in [1.54, 1.807) is 17.0 Å². The Morgan fingerprint density at radius 3 is 2.55 bits per heavy atom. The molecule has 1 aromatic carbocycles. The van der Waals surface area contributed by atoms with Crippen LogP contribution < -0.4 is 4.74 Å². The Bertz CT molecular complexity index is 537. The topological polar surface area (TPSA) is 38.8 Å². The summed E-state index contributed by atoms with van der Waals surface area (Å²) in [6, 6.07) is 4.72. The van der Waals surface area contributed by atoms with E-state index in [1.165, 1.54) is 6.07 Å². The minimum Gasteiger partial charge on any atom is -0.489 e. The van der Waals surface area contributed by atoms with Crippen molar-refractivity contribution in [2.75, 3.05) is 13.1 Å². The predicted molar refractivity (Wildman–Crippen MR) is 85.6 cm³/mol. The largest absolute Gasteiger partial charge is 0.489 e. The fraction of sp³-hybridized carbons (Fsp3) is 0.562. The maximum absolute atomic E-state index is 13.5. The van der Waals surface area contributed by atoms with Crippen LogP contribution in [0.3, 0.4) is 0 Å². The number of rotatable bonds is 2. The van der Waals surface area contributed by atoms with Crippen LogP contribution in [-0.4, -0.2) is 35.8 Å². The molecule has 0 radical (unpaired) electrons. The Hall–Kier alpha value is -1.30. The maximum Gasteiger partial charge on any atom is 0.410 e. The number of hydrogen-bond acceptors (Lipinski definition) is 3. The summed E-state index contributed by atoms with van der Waals surface area (Å²) in [5, 5.41) is 0. The van der Waals surface area contributed by atoms with Gasteiger partial charge in [0.05, 0.1) is 4.47 Å². The lowest BCUT2D eigenvalue weighted by Crippen LogP contribution is -2.44. The molecule has 2 rings (SSSR count). The molecule has 1 aliphatic heterocycles. The molecular weight excluding hydrogens is 353 g/mol. The summed E-state index contributed by atoms with van der Waals surface area (Å²) in [6.45, 7) is 6.70. The van der Waals surface area contributed by atoms with Gasteiger partial charge in [0.25, 0.3) is 0 Å². The molecule has 22 heavy (non-hydrogen) atoms. The first-order valence-electron chi connectivity index (χ1n) is 7.35. The van der Waals surface area contributed by atoms with Gasteiger partial charge < -0.3 is 14.4 Å². The third-order valence-corrected chi connectivity index (χ3v) is 4.07. The minimum atomic E-state index is -0.489. The Labute approximate surface area is 138 Å². The van der Waals surface area contributed by atoms with E-state index in [0.717, 1.165) is 0 Å². The van der Waals surface area contributed by atoms with E-state index in [9.17, 15) is 9.18 Å². The van der Waals surface area contributed by atoms with Crippen LogP contribution in [0.25, 0.3) is 0 Å². The van der Waals surface area contributed by atoms with Crippen LogP contribution >= 0.6 is 15.9 Å². The quantitative estimate of drug-likeness (QED) is 0.772. The maximum atomic E-state index is 13.5. The lowest BCUT2D eigenvalue weighted by molar-refractivity contribution is 0.0126. The smallest absolute Gasteiger partial charge is 0.410 e. The average Bonchev–Trinajstić information content (AvgIpc) is 2.43. The third kappa shape index (κ3) is 4.60. The van der Waals surface area contributed by atoms with Crippen molar-refractivity contribution >= 4 is 22.0 Å². The molecule has 6 heteroatoms. The molecule has 1 saturated heterocycles. The highest BCUT2D eigenvalue weighted by Gasteiger charge is 2.28. The van der Waals surface area contributed by atoms with Crippen LogP contribution in [0.4, 0.5) is 9.18 Å². The molecule has 122 valence electrons. The van der Waals surface area contributed by atoms with Gasteiger partial charge in [0.1, 0.15) is 23.3 Å². The van der Waals surface area contributed by atoms with E-state index in [0.29, 0.717) is 36.2 Å². The second-order valence-electron chi connectivity index (χ2n) is 6.34. The number of halogens is 2. The monoisotopic (exact) mass is 373 g/mol. The van der Waals surface area contributed by atoms with Crippen molar-refractivity contribution in [1.82, 2.24) is 4.90 Å². The molecule has 0 spiro atoms. The molecule has 0 aromatic heterocycles. The molecule has 0 saturated carbocycles. The summed E-state index contributed by atoms with van der Waals surface area (Å²) in [4.78, 5) is 13.7. The number of ether oxygens (including phenoxy) is 2. The number of amides is 1. The third-order valence-electron chi connectivity index (χ3n) is 3.30. The second-order valence-corrected chi connectivity index (χ2v) is 7.13. The fourth-order valence-electron chi connectivity index (χ4n) is 2.24. The molecule has 1 fully saturated rings. The van der Waals surface area contributed by atoms with E-state index in [2.05, 4.69) is 15.9 Å². The van der Waals surface area contributed by atoms with Gasteiger partial charge >= 0.3 is 6.09 Å². The number of carbonyl (C=O) groups is 1. The first-order chi connectivity index (χ1) is 10.3. The van der Waals surface area contributed by atoms with Crippen molar-refractivity contribution in [3.63, 3.8) is 0 Å². The zero-order valence-corrected chi connectivity index (χ0v) is 14.7. The molecule has 0 aliphatic carbocycles. The zero-order chi connectivity index (χ0) is 16.3. The summed E-state index contributed by atoms with van der Waals surface area (Å²) in [5.74, 6) is 0.152. The average molecular weight is 374 g/mol. The van der Waals surface area contributed by atoms with Crippen LogP contribution in [0.5, 0.6) is 5.75 Å². The van der Waals surface area contributed by atoms with Gasteiger partial charge in [0.15, 0.2) is 0 Å². The first kappa shape index (κ1) is 17.1. The summed E-state index contributed by atoms with van der Waals surface area (Å²) < 4.78 is 25.0. The summed E-state index contributed by atoms with van der Waals surface area (Å²) in [6.07, 6.45) is 1.07. The van der Waals surface area contributed by atoms with Gasteiger partial charge in [-0.3, -0.25) is 0 Å². The van der Waals surface area contributed by atoms with Gasteiger partial charge in [-0.1, -0.05) is 6.07 Å². The van der Waals surface area contributed by atoms with Crippen LogP contribution in [0.1, 0.15) is 33.6 Å². The first-order valence-corrected chi connectivity index (χ1v) is 8.14. The van der Waals surface area contributed by atoms with E-state index < -0.39 is 5.60 Å². The molecule has 1 aliphatic rings. The van der Waals surface area contributed by atoms with Gasteiger partial charge in [-0.25, -0.2) is 9.18 Å². The Kier molecular flexibility index (Phi) is 5.32. The lowest BCUT2D eigenvalue weighted by Gasteiger charge is -2.33. The summed E-state index contributed by atoms with van der Waals surface area (Å²) in [7, 11) is 0. The standard InChI is InChI=1S/C16H21BrFNO3/c1-16(2,3)22-15(20)19-9-7-11(8-10-19)21-13-6-4-5-12(18)14(13)17/h4-6,11H,7-10H2,1-3H3. The van der Waals surface area contributed by atoms with Crippen molar-refractivity contribution in [2.24, 2.45) is 0 Å². The predicted octanol–water partition coefficient (Wildman–Crippen LogP) is 4.37. The highest BCUT2D eigenvalue weighted by atomic mass is 79.9. The molecule has 1 aromatic rings. The van der Waals surface area contributed by atoms with Crippen molar-refractivity contribution in [1.29, 1.82) is 0 Å². The molecule has 0 bridgehead atoms. The second kappa shape index (κ2) is 6.86. The SMILES string of the molecule is CC(C)(C)OC(=O)N1CCC(Oc2cccc(F)c2Br)CC1. The minimum absolute atomic E-state index is 0.0308. The summed E-state index contributed by atoms with van der Waals surface area (Å²) in [5.41, 5.74) is -0.489. The van der Waals surface area contributed by atoms with Gasteiger partial charge in [-0.15, -0.1) is 0 Å². The van der Waals surface area contributed by atoms with Crippen molar-refractivity contribution < 1.29 is 18.7 Å².